The highest BCUT2D eigenvalue weighted by atomic mass is 16.5. The number of hydrogen-bond acceptors (Lipinski definition) is 5. The molecular formula is C21H26N2O3. The van der Waals surface area contributed by atoms with Gasteiger partial charge in [-0.25, -0.2) is 0 Å². The smallest absolute Gasteiger partial charge is 0.189 e. The van der Waals surface area contributed by atoms with Crippen LogP contribution in [0.15, 0.2) is 42.0 Å². The fraction of sp³-hybridized carbons (Fsp3) is 0.286. The zero-order valence-electron chi connectivity index (χ0n) is 16.0. The molecule has 2 N–H and O–H groups in total. The van der Waals surface area contributed by atoms with Crippen LogP contribution in [0.25, 0.3) is 6.08 Å². The van der Waals surface area contributed by atoms with E-state index >= 15 is 0 Å². The lowest BCUT2D eigenvalue weighted by Crippen LogP contribution is -2.12. The quantitative estimate of drug-likeness (QED) is 0.462. The molecule has 0 aliphatic heterocycles. The lowest BCUT2D eigenvalue weighted by atomic mass is 9.98. The Hall–Kier alpha value is -2.95. The molecule has 138 valence electrons. The Kier molecular flexibility index (Phi) is 6.28. The van der Waals surface area contributed by atoms with Gasteiger partial charge in [-0.05, 0) is 48.9 Å². The third-order valence-electron chi connectivity index (χ3n) is 4.21. The molecule has 0 radical (unpaired) electrons. The molecule has 0 saturated heterocycles. The molecule has 0 amide bonds. The second-order valence-corrected chi connectivity index (χ2v) is 6.13. The highest BCUT2D eigenvalue weighted by Gasteiger charge is 2.14. The number of nitrogens with two attached hydrogens (primary N) is 1. The van der Waals surface area contributed by atoms with E-state index in [9.17, 15) is 4.79 Å². The molecular weight excluding hydrogens is 328 g/mol. The SMILES string of the molecule is CCC(=Cc1cc(OC)ccc1OC)C(=O)c1ccc(N(C)C)c(N)c1. The Bertz CT molecular complexity index is 826. The normalized spacial score (nSPS) is 11.2. The van der Waals surface area contributed by atoms with Crippen molar-refractivity contribution < 1.29 is 14.3 Å². The number of nitrogens with zero attached hydrogens (tertiary/aromatic N) is 1. The minimum Gasteiger partial charge on any atom is -0.497 e. The number of carbonyl (C=O) groups is 1. The van der Waals surface area contributed by atoms with Crippen molar-refractivity contribution in [2.24, 2.45) is 0 Å². The van der Waals surface area contributed by atoms with Crippen LogP contribution in [-0.2, 0) is 0 Å². The average Bonchev–Trinajstić information content (AvgIpc) is 2.64. The summed E-state index contributed by atoms with van der Waals surface area (Å²) in [5, 5.41) is 0. The zero-order chi connectivity index (χ0) is 19.3. The third-order valence-corrected chi connectivity index (χ3v) is 4.21. The van der Waals surface area contributed by atoms with E-state index in [1.807, 2.05) is 56.3 Å². The molecule has 2 rings (SSSR count). The fourth-order valence-corrected chi connectivity index (χ4v) is 2.76. The third kappa shape index (κ3) is 4.17. The van der Waals surface area contributed by atoms with Gasteiger partial charge >= 0.3 is 0 Å². The molecule has 0 aliphatic carbocycles. The molecule has 2 aromatic rings. The van der Waals surface area contributed by atoms with Gasteiger partial charge in [0.25, 0.3) is 0 Å². The number of anilines is 2. The minimum atomic E-state index is -0.0469. The number of hydrogen-bond donors (Lipinski definition) is 1. The van der Waals surface area contributed by atoms with Crippen molar-refractivity contribution in [2.75, 3.05) is 38.9 Å². The molecule has 5 heteroatoms. The van der Waals surface area contributed by atoms with E-state index in [-0.39, 0.29) is 5.78 Å². The summed E-state index contributed by atoms with van der Waals surface area (Å²) in [7, 11) is 7.04. The predicted octanol–water partition coefficient (Wildman–Crippen LogP) is 4.03. The summed E-state index contributed by atoms with van der Waals surface area (Å²) in [4.78, 5) is 14.9. The molecule has 26 heavy (non-hydrogen) atoms. The lowest BCUT2D eigenvalue weighted by molar-refractivity contribution is 0.103. The first-order valence-corrected chi connectivity index (χ1v) is 8.45. The van der Waals surface area contributed by atoms with E-state index < -0.39 is 0 Å². The first-order chi connectivity index (χ1) is 12.4. The van der Waals surface area contributed by atoms with Gasteiger partial charge in [-0.1, -0.05) is 6.92 Å². The molecule has 0 aromatic heterocycles. The van der Waals surface area contributed by atoms with Crippen LogP contribution in [0, 0.1) is 0 Å². The van der Waals surface area contributed by atoms with Gasteiger partial charge in [0.1, 0.15) is 11.5 Å². The summed E-state index contributed by atoms with van der Waals surface area (Å²) in [5.41, 5.74) is 9.60. The summed E-state index contributed by atoms with van der Waals surface area (Å²) in [6.07, 6.45) is 2.44. The van der Waals surface area contributed by atoms with Gasteiger partial charge in [-0.2, -0.15) is 0 Å². The van der Waals surface area contributed by atoms with Crippen LogP contribution in [-0.4, -0.2) is 34.1 Å². The first-order valence-electron chi connectivity index (χ1n) is 8.45. The van der Waals surface area contributed by atoms with Crippen LogP contribution in [0.5, 0.6) is 11.5 Å². The van der Waals surface area contributed by atoms with Crippen LogP contribution in [0.1, 0.15) is 29.3 Å². The maximum Gasteiger partial charge on any atom is 0.189 e. The Morgan fingerprint density at radius 3 is 2.38 bits per heavy atom. The molecule has 0 saturated carbocycles. The number of ether oxygens (including phenoxy) is 2. The Balaban J connectivity index is 2.43. The summed E-state index contributed by atoms with van der Waals surface area (Å²) < 4.78 is 10.7. The van der Waals surface area contributed by atoms with Crippen LogP contribution in [0.4, 0.5) is 11.4 Å². The van der Waals surface area contributed by atoms with E-state index in [1.54, 1.807) is 26.4 Å². The van der Waals surface area contributed by atoms with Gasteiger partial charge in [0.2, 0.25) is 0 Å². The van der Waals surface area contributed by atoms with Crippen molar-refractivity contribution in [1.82, 2.24) is 0 Å². The molecule has 0 fully saturated rings. The zero-order valence-corrected chi connectivity index (χ0v) is 16.0. The maximum atomic E-state index is 13.0. The van der Waals surface area contributed by atoms with Gasteiger partial charge in [-0.15, -0.1) is 0 Å². The standard InChI is InChI=1S/C21H26N2O3/c1-6-14(11-16-12-17(25-4)8-10-20(16)26-5)21(24)15-7-9-19(23(2)3)18(22)13-15/h7-13H,6,22H2,1-5H3. The lowest BCUT2D eigenvalue weighted by Gasteiger charge is -2.16. The van der Waals surface area contributed by atoms with E-state index in [0.29, 0.717) is 34.7 Å². The molecule has 0 bridgehead atoms. The minimum absolute atomic E-state index is 0.0469. The largest absolute Gasteiger partial charge is 0.497 e. The number of allylic oxidation sites excluding steroid dienone is 1. The van der Waals surface area contributed by atoms with E-state index in [1.165, 1.54) is 0 Å². The highest BCUT2D eigenvalue weighted by Crippen LogP contribution is 2.29. The second-order valence-electron chi connectivity index (χ2n) is 6.13. The highest BCUT2D eigenvalue weighted by molar-refractivity contribution is 6.12. The number of Topliss-reactive ketones (excluding diaryl/α,β-unsaturated/α-hetero) is 1. The number of nitrogen functional groups attached to an aromatic ring is 1. The Morgan fingerprint density at radius 2 is 1.85 bits per heavy atom. The predicted molar refractivity (Wildman–Crippen MR) is 107 cm³/mol. The molecule has 5 nitrogen and oxygen atoms in total. The Labute approximate surface area is 155 Å². The van der Waals surface area contributed by atoms with Gasteiger partial charge < -0.3 is 20.1 Å². The van der Waals surface area contributed by atoms with Gasteiger partial charge in [0, 0.05) is 30.8 Å². The fourth-order valence-electron chi connectivity index (χ4n) is 2.76. The number of rotatable bonds is 7. The molecule has 0 atom stereocenters. The van der Waals surface area contributed by atoms with Gasteiger partial charge in [0.15, 0.2) is 5.78 Å². The van der Waals surface area contributed by atoms with Crippen LogP contribution < -0.4 is 20.1 Å². The van der Waals surface area contributed by atoms with Crippen molar-refractivity contribution in [1.29, 1.82) is 0 Å². The molecule has 0 heterocycles. The van der Waals surface area contributed by atoms with E-state index in [4.69, 9.17) is 15.2 Å². The van der Waals surface area contributed by atoms with Crippen LogP contribution >= 0.6 is 0 Å². The summed E-state index contributed by atoms with van der Waals surface area (Å²) in [6.45, 7) is 1.95. The van der Waals surface area contributed by atoms with Crippen molar-refractivity contribution in [3.8, 4) is 11.5 Å². The van der Waals surface area contributed by atoms with Gasteiger partial charge in [0.05, 0.1) is 25.6 Å². The topological polar surface area (TPSA) is 64.8 Å². The molecule has 0 aliphatic rings. The van der Waals surface area contributed by atoms with Crippen molar-refractivity contribution in [2.45, 2.75) is 13.3 Å². The molecule has 0 spiro atoms. The Morgan fingerprint density at radius 1 is 1.12 bits per heavy atom. The average molecular weight is 354 g/mol. The summed E-state index contributed by atoms with van der Waals surface area (Å²) >= 11 is 0. The van der Waals surface area contributed by atoms with Crippen molar-refractivity contribution >= 4 is 23.2 Å². The van der Waals surface area contributed by atoms with Crippen molar-refractivity contribution in [3.05, 3.63) is 53.1 Å². The van der Waals surface area contributed by atoms with E-state index in [2.05, 4.69) is 0 Å². The number of benzene rings is 2. The van der Waals surface area contributed by atoms with Gasteiger partial charge in [-0.3, -0.25) is 4.79 Å². The number of carbonyl (C=O) groups excluding carboxylic acids is 1. The second kappa shape index (κ2) is 8.43. The monoisotopic (exact) mass is 354 g/mol. The molecule has 2 aromatic carbocycles. The summed E-state index contributed by atoms with van der Waals surface area (Å²) in [5.74, 6) is 1.35. The number of ketones is 1. The molecule has 0 unspecified atom stereocenters. The summed E-state index contributed by atoms with van der Waals surface area (Å²) in [6, 6.07) is 10.9. The number of methoxy groups -OCH3 is 2. The first kappa shape index (κ1) is 19.4. The van der Waals surface area contributed by atoms with Crippen LogP contribution in [0.2, 0.25) is 0 Å². The maximum absolute atomic E-state index is 13.0. The van der Waals surface area contributed by atoms with Crippen molar-refractivity contribution in [3.63, 3.8) is 0 Å². The van der Waals surface area contributed by atoms with Crippen LogP contribution in [0.3, 0.4) is 0 Å². The van der Waals surface area contributed by atoms with E-state index in [0.717, 1.165) is 11.3 Å².